The topological polar surface area (TPSA) is 69.4 Å². The molecule has 0 saturated heterocycles. The molecule has 20 heavy (non-hydrogen) atoms. The average Bonchev–Trinajstić information content (AvgIpc) is 2.42. The molecule has 6 heteroatoms. The number of ether oxygens (including phenoxy) is 1. The zero-order chi connectivity index (χ0) is 14.7. The standard InChI is InChI=1S/C14H10ClNO4/c1-9-2-5-13(10(6-9)8-17)20-14-7-11(16(18)19)3-4-12(14)15/h2-8H,1H3. The van der Waals surface area contributed by atoms with Gasteiger partial charge in [-0.1, -0.05) is 23.2 Å². The van der Waals surface area contributed by atoms with Crippen molar-refractivity contribution in [2.24, 2.45) is 0 Å². The lowest BCUT2D eigenvalue weighted by Crippen LogP contribution is -1.94. The van der Waals surface area contributed by atoms with E-state index < -0.39 is 4.92 Å². The zero-order valence-electron chi connectivity index (χ0n) is 10.5. The second-order valence-corrected chi connectivity index (χ2v) is 4.54. The van der Waals surface area contributed by atoms with Crippen molar-refractivity contribution in [2.75, 3.05) is 0 Å². The van der Waals surface area contributed by atoms with Gasteiger partial charge in [-0.3, -0.25) is 14.9 Å². The monoisotopic (exact) mass is 291 g/mol. The van der Waals surface area contributed by atoms with Crippen molar-refractivity contribution < 1.29 is 14.5 Å². The van der Waals surface area contributed by atoms with Gasteiger partial charge in [0.2, 0.25) is 0 Å². The second-order valence-electron chi connectivity index (χ2n) is 4.13. The Morgan fingerprint density at radius 3 is 2.60 bits per heavy atom. The van der Waals surface area contributed by atoms with Crippen molar-refractivity contribution in [3.8, 4) is 11.5 Å². The Labute approximate surface area is 119 Å². The third-order valence-corrected chi connectivity index (χ3v) is 2.95. The van der Waals surface area contributed by atoms with Crippen LogP contribution < -0.4 is 4.74 Å². The van der Waals surface area contributed by atoms with Crippen LogP contribution in [0.1, 0.15) is 15.9 Å². The minimum atomic E-state index is -0.543. The van der Waals surface area contributed by atoms with Crippen molar-refractivity contribution in [2.45, 2.75) is 6.92 Å². The highest BCUT2D eigenvalue weighted by molar-refractivity contribution is 6.32. The molecule has 0 aliphatic heterocycles. The van der Waals surface area contributed by atoms with Crippen LogP contribution in [-0.4, -0.2) is 11.2 Å². The summed E-state index contributed by atoms with van der Waals surface area (Å²) in [5.41, 5.74) is 1.13. The normalized spacial score (nSPS) is 10.1. The molecule has 2 aromatic carbocycles. The number of non-ortho nitro benzene ring substituents is 1. The summed E-state index contributed by atoms with van der Waals surface area (Å²) in [6.07, 6.45) is 0.660. The third-order valence-electron chi connectivity index (χ3n) is 2.64. The average molecular weight is 292 g/mol. The fraction of sp³-hybridized carbons (Fsp3) is 0.0714. The molecular weight excluding hydrogens is 282 g/mol. The van der Waals surface area contributed by atoms with Crippen LogP contribution in [0.4, 0.5) is 5.69 Å². The molecule has 0 spiro atoms. The van der Waals surface area contributed by atoms with Gasteiger partial charge in [-0.2, -0.15) is 0 Å². The van der Waals surface area contributed by atoms with E-state index in [9.17, 15) is 14.9 Å². The van der Waals surface area contributed by atoms with Gasteiger partial charge < -0.3 is 4.74 Å². The Kier molecular flexibility index (Phi) is 4.00. The quantitative estimate of drug-likeness (QED) is 0.482. The van der Waals surface area contributed by atoms with E-state index in [1.54, 1.807) is 18.2 Å². The van der Waals surface area contributed by atoms with E-state index in [-0.39, 0.29) is 16.5 Å². The van der Waals surface area contributed by atoms with Gasteiger partial charge in [0, 0.05) is 6.07 Å². The fourth-order valence-corrected chi connectivity index (χ4v) is 1.81. The number of nitro benzene ring substituents is 1. The van der Waals surface area contributed by atoms with Crippen LogP contribution in [0.5, 0.6) is 11.5 Å². The number of carbonyl (C=O) groups is 1. The van der Waals surface area contributed by atoms with Crippen molar-refractivity contribution >= 4 is 23.6 Å². The summed E-state index contributed by atoms with van der Waals surface area (Å²) in [5.74, 6) is 0.431. The fourth-order valence-electron chi connectivity index (χ4n) is 1.66. The highest BCUT2D eigenvalue weighted by Crippen LogP contribution is 2.33. The Morgan fingerprint density at radius 2 is 1.95 bits per heavy atom. The summed E-state index contributed by atoms with van der Waals surface area (Å²) in [6.45, 7) is 1.84. The molecule has 0 bridgehead atoms. The summed E-state index contributed by atoms with van der Waals surface area (Å²) in [4.78, 5) is 21.2. The molecule has 0 N–H and O–H groups in total. The maximum atomic E-state index is 11.0. The second kappa shape index (κ2) is 5.71. The molecule has 0 aliphatic rings. The first-order valence-electron chi connectivity index (χ1n) is 5.69. The minimum absolute atomic E-state index is 0.132. The number of aryl methyl sites for hydroxylation is 1. The smallest absolute Gasteiger partial charge is 0.273 e. The van der Waals surface area contributed by atoms with Gasteiger partial charge in [0.05, 0.1) is 21.6 Å². The number of nitrogens with zero attached hydrogens (tertiary/aromatic N) is 1. The predicted molar refractivity (Wildman–Crippen MR) is 74.7 cm³/mol. The van der Waals surface area contributed by atoms with Crippen LogP contribution in [0.3, 0.4) is 0 Å². The Balaban J connectivity index is 2.41. The van der Waals surface area contributed by atoms with Crippen LogP contribution in [0.2, 0.25) is 5.02 Å². The molecule has 0 aromatic heterocycles. The first-order chi connectivity index (χ1) is 9.51. The Bertz CT molecular complexity index is 685. The maximum Gasteiger partial charge on any atom is 0.273 e. The maximum absolute atomic E-state index is 11.0. The number of rotatable bonds is 4. The third kappa shape index (κ3) is 2.95. The summed E-state index contributed by atoms with van der Waals surface area (Å²) < 4.78 is 5.51. The molecule has 2 aromatic rings. The van der Waals surface area contributed by atoms with E-state index in [1.807, 2.05) is 6.92 Å². The van der Waals surface area contributed by atoms with E-state index in [2.05, 4.69) is 0 Å². The first-order valence-corrected chi connectivity index (χ1v) is 6.06. The molecule has 0 aliphatic carbocycles. The molecule has 0 fully saturated rings. The van der Waals surface area contributed by atoms with Gasteiger partial charge in [0.25, 0.3) is 5.69 Å². The molecule has 0 unspecified atom stereocenters. The van der Waals surface area contributed by atoms with E-state index in [1.165, 1.54) is 18.2 Å². The number of hydrogen-bond donors (Lipinski definition) is 0. The first kappa shape index (κ1) is 14.0. The van der Waals surface area contributed by atoms with Crippen molar-refractivity contribution in [1.29, 1.82) is 0 Å². The number of hydrogen-bond acceptors (Lipinski definition) is 4. The summed E-state index contributed by atoms with van der Waals surface area (Å²) in [5, 5.41) is 11.0. The molecule has 0 saturated carbocycles. The SMILES string of the molecule is Cc1ccc(Oc2cc([N+](=O)[O-])ccc2Cl)c(C=O)c1. The van der Waals surface area contributed by atoms with Crippen LogP contribution in [0.25, 0.3) is 0 Å². The molecule has 0 radical (unpaired) electrons. The van der Waals surface area contributed by atoms with Gasteiger partial charge in [-0.25, -0.2) is 0 Å². The van der Waals surface area contributed by atoms with E-state index >= 15 is 0 Å². The molecule has 102 valence electrons. The summed E-state index contributed by atoms with van der Waals surface area (Å²) in [6, 6.07) is 8.93. The lowest BCUT2D eigenvalue weighted by molar-refractivity contribution is -0.384. The van der Waals surface area contributed by atoms with Crippen LogP contribution in [0, 0.1) is 17.0 Å². The van der Waals surface area contributed by atoms with Crippen molar-refractivity contribution in [1.82, 2.24) is 0 Å². The van der Waals surface area contributed by atoms with Gasteiger partial charge in [-0.15, -0.1) is 0 Å². The van der Waals surface area contributed by atoms with Crippen LogP contribution in [-0.2, 0) is 0 Å². The van der Waals surface area contributed by atoms with Crippen molar-refractivity contribution in [3.05, 3.63) is 62.7 Å². The molecule has 0 amide bonds. The molecule has 0 heterocycles. The minimum Gasteiger partial charge on any atom is -0.455 e. The summed E-state index contributed by atoms with van der Waals surface area (Å²) >= 11 is 5.94. The van der Waals surface area contributed by atoms with Gasteiger partial charge in [-0.05, 0) is 25.1 Å². The number of benzene rings is 2. The molecule has 0 atom stereocenters. The van der Waals surface area contributed by atoms with Gasteiger partial charge in [0.1, 0.15) is 5.75 Å². The van der Waals surface area contributed by atoms with E-state index in [4.69, 9.17) is 16.3 Å². The molecular formula is C14H10ClNO4. The highest BCUT2D eigenvalue weighted by Gasteiger charge is 2.13. The number of halogens is 1. The Hall–Kier alpha value is -2.40. The predicted octanol–water partition coefficient (Wildman–Crippen LogP) is 4.16. The lowest BCUT2D eigenvalue weighted by atomic mass is 10.1. The van der Waals surface area contributed by atoms with Gasteiger partial charge in [0.15, 0.2) is 12.0 Å². The molecule has 2 rings (SSSR count). The van der Waals surface area contributed by atoms with Crippen LogP contribution >= 0.6 is 11.6 Å². The highest BCUT2D eigenvalue weighted by atomic mass is 35.5. The number of carbonyl (C=O) groups excluding carboxylic acids is 1. The van der Waals surface area contributed by atoms with Gasteiger partial charge >= 0.3 is 0 Å². The number of nitro groups is 1. The van der Waals surface area contributed by atoms with Crippen LogP contribution in [0.15, 0.2) is 36.4 Å². The lowest BCUT2D eigenvalue weighted by Gasteiger charge is -2.09. The number of aldehydes is 1. The largest absolute Gasteiger partial charge is 0.455 e. The van der Waals surface area contributed by atoms with E-state index in [0.29, 0.717) is 17.6 Å². The van der Waals surface area contributed by atoms with E-state index in [0.717, 1.165) is 5.56 Å². The molecule has 5 nitrogen and oxygen atoms in total. The van der Waals surface area contributed by atoms with Crippen molar-refractivity contribution in [3.63, 3.8) is 0 Å². The Morgan fingerprint density at radius 1 is 1.20 bits per heavy atom. The summed E-state index contributed by atoms with van der Waals surface area (Å²) in [7, 11) is 0. The zero-order valence-corrected chi connectivity index (χ0v) is 11.3.